The Labute approximate surface area is 121 Å². The van der Waals surface area contributed by atoms with Crippen LogP contribution < -0.4 is 10.6 Å². The lowest BCUT2D eigenvalue weighted by atomic mass is 10.2. The molecule has 1 aromatic carbocycles. The minimum Gasteiger partial charge on any atom is -0.362 e. The lowest BCUT2D eigenvalue weighted by Crippen LogP contribution is -2.30. The number of hydrogen-bond donors (Lipinski definition) is 2. The van der Waals surface area contributed by atoms with E-state index >= 15 is 0 Å². The summed E-state index contributed by atoms with van der Waals surface area (Å²) in [7, 11) is 0. The van der Waals surface area contributed by atoms with Gasteiger partial charge >= 0.3 is 0 Å². The van der Waals surface area contributed by atoms with Gasteiger partial charge in [0, 0.05) is 17.3 Å². The van der Waals surface area contributed by atoms with E-state index in [0.29, 0.717) is 5.11 Å². The molecular weight excluding hydrogens is 284 g/mol. The summed E-state index contributed by atoms with van der Waals surface area (Å²) in [5, 5.41) is 11.9. The number of halogens is 1. The highest BCUT2D eigenvalue weighted by Crippen LogP contribution is 2.13. The molecule has 0 radical (unpaired) electrons. The zero-order valence-corrected chi connectivity index (χ0v) is 12.0. The van der Waals surface area contributed by atoms with E-state index in [1.165, 1.54) is 5.56 Å². The third-order valence-corrected chi connectivity index (χ3v) is 3.61. The molecule has 0 saturated heterocycles. The van der Waals surface area contributed by atoms with Crippen molar-refractivity contribution in [2.24, 2.45) is 0 Å². The molecule has 2 nitrogen and oxygen atoms in total. The van der Waals surface area contributed by atoms with Gasteiger partial charge in [0.25, 0.3) is 0 Å². The van der Waals surface area contributed by atoms with Crippen molar-refractivity contribution in [1.82, 2.24) is 5.32 Å². The Kier molecular flexibility index (Phi) is 4.99. The number of anilines is 1. The van der Waals surface area contributed by atoms with E-state index in [0.717, 1.165) is 23.7 Å². The molecule has 0 bridgehead atoms. The average Bonchev–Trinajstić information content (AvgIpc) is 2.85. The minimum atomic E-state index is 0.632. The number of thiocarbonyl (C=S) groups is 1. The Morgan fingerprint density at radius 2 is 2.00 bits per heavy atom. The predicted molar refractivity (Wildman–Crippen MR) is 83.7 cm³/mol. The van der Waals surface area contributed by atoms with Crippen LogP contribution in [0, 0.1) is 0 Å². The Morgan fingerprint density at radius 1 is 1.22 bits per heavy atom. The monoisotopic (exact) mass is 296 g/mol. The third-order valence-electron chi connectivity index (χ3n) is 2.38. The van der Waals surface area contributed by atoms with Crippen molar-refractivity contribution in [3.05, 3.63) is 51.7 Å². The van der Waals surface area contributed by atoms with Crippen molar-refractivity contribution in [3.63, 3.8) is 0 Å². The number of hydrogen-bond acceptors (Lipinski definition) is 2. The van der Waals surface area contributed by atoms with E-state index in [-0.39, 0.29) is 0 Å². The van der Waals surface area contributed by atoms with Gasteiger partial charge in [0.05, 0.1) is 0 Å². The molecule has 0 fully saturated rings. The van der Waals surface area contributed by atoms with Gasteiger partial charge in [0.2, 0.25) is 0 Å². The van der Waals surface area contributed by atoms with Crippen LogP contribution in [-0.4, -0.2) is 11.7 Å². The van der Waals surface area contributed by atoms with E-state index in [9.17, 15) is 0 Å². The molecule has 18 heavy (non-hydrogen) atoms. The highest BCUT2D eigenvalue weighted by atomic mass is 35.5. The lowest BCUT2D eigenvalue weighted by molar-refractivity contribution is 0.876. The van der Waals surface area contributed by atoms with Gasteiger partial charge in [-0.1, -0.05) is 11.6 Å². The van der Waals surface area contributed by atoms with Gasteiger partial charge in [-0.05, 0) is 65.3 Å². The van der Waals surface area contributed by atoms with Crippen LogP contribution in [0.1, 0.15) is 5.56 Å². The molecule has 0 amide bonds. The van der Waals surface area contributed by atoms with Crippen LogP contribution in [-0.2, 0) is 6.42 Å². The predicted octanol–water partition coefficient (Wildman–Crippen LogP) is 3.93. The molecule has 2 rings (SSSR count). The van der Waals surface area contributed by atoms with Crippen molar-refractivity contribution in [3.8, 4) is 0 Å². The van der Waals surface area contributed by atoms with E-state index in [4.69, 9.17) is 23.8 Å². The fraction of sp³-hybridized carbons (Fsp3) is 0.154. The van der Waals surface area contributed by atoms with Gasteiger partial charge in [-0.15, -0.1) is 0 Å². The maximum absolute atomic E-state index is 5.81. The number of benzene rings is 1. The maximum atomic E-state index is 5.81. The summed E-state index contributed by atoms with van der Waals surface area (Å²) in [5.74, 6) is 0. The normalized spacial score (nSPS) is 10.1. The summed E-state index contributed by atoms with van der Waals surface area (Å²) >= 11 is 12.7. The van der Waals surface area contributed by atoms with Gasteiger partial charge in [0.1, 0.15) is 0 Å². The molecule has 0 unspecified atom stereocenters. The molecule has 0 aliphatic carbocycles. The fourth-order valence-electron chi connectivity index (χ4n) is 1.46. The first-order valence-electron chi connectivity index (χ1n) is 5.55. The van der Waals surface area contributed by atoms with Gasteiger partial charge in [-0.2, -0.15) is 11.3 Å². The van der Waals surface area contributed by atoms with E-state index in [1.807, 2.05) is 24.3 Å². The molecule has 5 heteroatoms. The molecule has 1 heterocycles. The molecule has 2 N–H and O–H groups in total. The highest BCUT2D eigenvalue weighted by molar-refractivity contribution is 7.80. The smallest absolute Gasteiger partial charge is 0.170 e. The molecule has 1 aromatic heterocycles. The number of rotatable bonds is 4. The Hall–Kier alpha value is -1.10. The van der Waals surface area contributed by atoms with Crippen LogP contribution in [0.3, 0.4) is 0 Å². The molecule has 0 atom stereocenters. The zero-order chi connectivity index (χ0) is 12.8. The maximum Gasteiger partial charge on any atom is 0.170 e. The summed E-state index contributed by atoms with van der Waals surface area (Å²) in [5.41, 5.74) is 2.27. The van der Waals surface area contributed by atoms with Crippen LogP contribution in [0.25, 0.3) is 0 Å². The van der Waals surface area contributed by atoms with Gasteiger partial charge < -0.3 is 10.6 Å². The second-order valence-corrected chi connectivity index (χ2v) is 5.39. The van der Waals surface area contributed by atoms with E-state index < -0.39 is 0 Å². The van der Waals surface area contributed by atoms with Crippen LogP contribution >= 0.6 is 35.2 Å². The van der Waals surface area contributed by atoms with Gasteiger partial charge in [-0.25, -0.2) is 0 Å². The van der Waals surface area contributed by atoms with Crippen LogP contribution in [0.2, 0.25) is 5.02 Å². The van der Waals surface area contributed by atoms with Crippen molar-refractivity contribution in [2.45, 2.75) is 6.42 Å². The standard InChI is InChI=1S/C13H13ClN2S2/c14-11-1-3-12(4-2-11)16-13(17)15-7-5-10-6-8-18-9-10/h1-4,6,8-9H,5,7H2,(H2,15,16,17). The summed E-state index contributed by atoms with van der Waals surface area (Å²) in [6.45, 7) is 0.830. The van der Waals surface area contributed by atoms with E-state index in [2.05, 4.69) is 27.5 Å². The molecule has 94 valence electrons. The third kappa shape index (κ3) is 4.29. The molecule has 0 spiro atoms. The summed E-state index contributed by atoms with van der Waals surface area (Å²) in [6.07, 6.45) is 0.978. The van der Waals surface area contributed by atoms with Crippen LogP contribution in [0.15, 0.2) is 41.1 Å². The van der Waals surface area contributed by atoms with Crippen molar-refractivity contribution < 1.29 is 0 Å². The molecule has 0 saturated carbocycles. The van der Waals surface area contributed by atoms with Crippen LogP contribution in [0.4, 0.5) is 5.69 Å². The Bertz CT molecular complexity index is 494. The van der Waals surface area contributed by atoms with Crippen molar-refractivity contribution in [1.29, 1.82) is 0 Å². The second kappa shape index (κ2) is 6.73. The van der Waals surface area contributed by atoms with Gasteiger partial charge in [0.15, 0.2) is 5.11 Å². The first kappa shape index (κ1) is 13.3. The SMILES string of the molecule is S=C(NCCc1ccsc1)Nc1ccc(Cl)cc1. The second-order valence-electron chi connectivity index (χ2n) is 3.77. The summed E-state index contributed by atoms with van der Waals surface area (Å²) in [6, 6.07) is 9.59. The molecule has 0 aliphatic rings. The number of nitrogens with one attached hydrogen (secondary N) is 2. The molecule has 2 aromatic rings. The minimum absolute atomic E-state index is 0.632. The highest BCUT2D eigenvalue weighted by Gasteiger charge is 1.98. The topological polar surface area (TPSA) is 24.1 Å². The Morgan fingerprint density at radius 3 is 2.67 bits per heavy atom. The zero-order valence-electron chi connectivity index (χ0n) is 9.65. The first-order chi connectivity index (χ1) is 8.74. The lowest BCUT2D eigenvalue weighted by Gasteiger charge is -2.10. The van der Waals surface area contributed by atoms with E-state index in [1.54, 1.807) is 11.3 Å². The first-order valence-corrected chi connectivity index (χ1v) is 7.28. The van der Waals surface area contributed by atoms with Crippen molar-refractivity contribution >= 4 is 46.0 Å². The largest absolute Gasteiger partial charge is 0.362 e. The quantitative estimate of drug-likeness (QED) is 0.836. The average molecular weight is 297 g/mol. The summed E-state index contributed by atoms with van der Waals surface area (Å²) in [4.78, 5) is 0. The fourth-order valence-corrected chi connectivity index (χ4v) is 2.51. The van der Waals surface area contributed by atoms with Gasteiger partial charge in [-0.3, -0.25) is 0 Å². The number of thiophene rings is 1. The summed E-state index contributed by atoms with van der Waals surface area (Å²) < 4.78 is 0. The molecular formula is C13H13ClN2S2. The Balaban J connectivity index is 1.73. The van der Waals surface area contributed by atoms with Crippen LogP contribution in [0.5, 0.6) is 0 Å². The molecule has 0 aliphatic heterocycles. The van der Waals surface area contributed by atoms with Crippen molar-refractivity contribution in [2.75, 3.05) is 11.9 Å².